The monoisotopic (exact) mass is 394 g/mol. The highest BCUT2D eigenvalue weighted by atomic mass is 31.1. The molecule has 0 aliphatic heterocycles. The lowest BCUT2D eigenvalue weighted by Gasteiger charge is -2.22. The first kappa shape index (κ1) is 24.3. The molecular formula is C23H39O3P. The fraction of sp³-hybridized carbons (Fsp3) is 0.739. The quantitative estimate of drug-likeness (QED) is 0.219. The summed E-state index contributed by atoms with van der Waals surface area (Å²) in [5.41, 5.74) is 2.32. The van der Waals surface area contributed by atoms with Crippen LogP contribution in [0.4, 0.5) is 0 Å². The molecule has 0 saturated carbocycles. The van der Waals surface area contributed by atoms with Crippen molar-refractivity contribution >= 4 is 8.25 Å². The van der Waals surface area contributed by atoms with Gasteiger partial charge in [0.1, 0.15) is 6.10 Å². The Morgan fingerprint density at radius 2 is 1.48 bits per heavy atom. The van der Waals surface area contributed by atoms with Gasteiger partial charge in [-0.05, 0) is 40.9 Å². The zero-order chi connectivity index (χ0) is 19.9. The highest BCUT2D eigenvalue weighted by Gasteiger charge is 2.27. The Hall–Kier alpha value is -0.760. The number of unbranched alkanes of at least 4 members (excludes halogenated alkanes) is 7. The summed E-state index contributed by atoms with van der Waals surface area (Å²) in [5, 5.41) is 0. The van der Waals surface area contributed by atoms with E-state index in [0.717, 1.165) is 37.7 Å². The smallest absolute Gasteiger partial charge is 0.489 e. The fourth-order valence-corrected chi connectivity index (χ4v) is 4.19. The van der Waals surface area contributed by atoms with Crippen LogP contribution in [0.25, 0.3) is 0 Å². The summed E-state index contributed by atoms with van der Waals surface area (Å²) in [5.74, 6) is 0.242. The van der Waals surface area contributed by atoms with Gasteiger partial charge in [-0.3, -0.25) is 0 Å². The molecule has 0 aliphatic rings. The van der Waals surface area contributed by atoms with Crippen molar-refractivity contribution in [3.63, 3.8) is 0 Å². The number of benzene rings is 1. The van der Waals surface area contributed by atoms with Gasteiger partial charge in [0.25, 0.3) is 0 Å². The standard InChI is InChI=1S/C23H39O3P/c1-4-7-9-10-11-12-13-14-20-16-18-22(19-17-20)23(26-27(24)25)21(6-3)15-8-5-2/h16-19,21,23H,4-15H2,1-3H3. The maximum Gasteiger partial charge on any atom is 0.489 e. The molecule has 154 valence electrons. The zero-order valence-electron chi connectivity index (χ0n) is 17.6. The molecule has 1 aromatic carbocycles. The summed E-state index contributed by atoms with van der Waals surface area (Å²) in [6.07, 6.45) is 14.1. The van der Waals surface area contributed by atoms with Gasteiger partial charge >= 0.3 is 8.25 Å². The van der Waals surface area contributed by atoms with E-state index in [9.17, 15) is 9.46 Å². The van der Waals surface area contributed by atoms with Crippen molar-refractivity contribution in [3.8, 4) is 0 Å². The SMILES string of the molecule is CCCCCCCCCc1ccc(C(O[P+](=O)[O-])C(CC)CCCC)cc1. The van der Waals surface area contributed by atoms with Gasteiger partial charge in [-0.15, -0.1) is 4.52 Å². The molecule has 1 aromatic rings. The van der Waals surface area contributed by atoms with Crippen LogP contribution < -0.4 is 4.89 Å². The van der Waals surface area contributed by atoms with E-state index in [4.69, 9.17) is 4.52 Å². The van der Waals surface area contributed by atoms with Gasteiger partial charge in [0, 0.05) is 0 Å². The molecule has 0 saturated heterocycles. The molecule has 0 spiro atoms. The second-order valence-corrected chi connectivity index (χ2v) is 8.33. The van der Waals surface area contributed by atoms with Crippen LogP contribution in [0.2, 0.25) is 0 Å². The molecule has 3 atom stereocenters. The van der Waals surface area contributed by atoms with E-state index in [1.165, 1.54) is 50.5 Å². The van der Waals surface area contributed by atoms with Crippen molar-refractivity contribution in [1.82, 2.24) is 0 Å². The maximum atomic E-state index is 11.2. The van der Waals surface area contributed by atoms with Crippen molar-refractivity contribution in [1.29, 1.82) is 0 Å². The third-order valence-electron chi connectivity index (χ3n) is 5.46. The summed E-state index contributed by atoms with van der Waals surface area (Å²) in [7, 11) is -2.84. The Bertz CT molecular complexity index is 501. The summed E-state index contributed by atoms with van der Waals surface area (Å²) in [6.45, 7) is 6.53. The minimum atomic E-state index is -2.84. The molecule has 0 bridgehead atoms. The molecule has 0 N–H and O–H groups in total. The van der Waals surface area contributed by atoms with Gasteiger partial charge in [0.05, 0.1) is 0 Å². The molecule has 4 heteroatoms. The lowest BCUT2D eigenvalue weighted by molar-refractivity contribution is -0.191. The third-order valence-corrected chi connectivity index (χ3v) is 5.86. The number of hydrogen-bond acceptors (Lipinski definition) is 3. The predicted octanol–water partition coefficient (Wildman–Crippen LogP) is 7.27. The molecule has 0 fully saturated rings. The minimum absolute atomic E-state index is 0.242. The lowest BCUT2D eigenvalue weighted by atomic mass is 9.88. The van der Waals surface area contributed by atoms with Gasteiger partial charge in [-0.2, -0.15) is 0 Å². The predicted molar refractivity (Wildman–Crippen MR) is 113 cm³/mol. The number of aryl methyl sites for hydroxylation is 1. The largest absolute Gasteiger partial charge is 0.566 e. The van der Waals surface area contributed by atoms with E-state index >= 15 is 0 Å². The fourth-order valence-electron chi connectivity index (χ4n) is 3.71. The van der Waals surface area contributed by atoms with E-state index in [1.54, 1.807) is 0 Å². The van der Waals surface area contributed by atoms with Gasteiger partial charge in [-0.1, -0.05) is 103 Å². The first-order valence-corrected chi connectivity index (χ1v) is 12.1. The van der Waals surface area contributed by atoms with Gasteiger partial charge < -0.3 is 4.89 Å². The van der Waals surface area contributed by atoms with Crippen LogP contribution in [-0.4, -0.2) is 0 Å². The van der Waals surface area contributed by atoms with Crippen LogP contribution in [0.3, 0.4) is 0 Å². The molecule has 0 aromatic heterocycles. The van der Waals surface area contributed by atoms with Crippen molar-refractivity contribution < 1.29 is 14.0 Å². The van der Waals surface area contributed by atoms with E-state index in [1.807, 2.05) is 0 Å². The van der Waals surface area contributed by atoms with Gasteiger partial charge in [-0.25, -0.2) is 0 Å². The van der Waals surface area contributed by atoms with Gasteiger partial charge in [0.15, 0.2) is 0 Å². The van der Waals surface area contributed by atoms with Crippen molar-refractivity contribution in [2.75, 3.05) is 0 Å². The van der Waals surface area contributed by atoms with Crippen LogP contribution in [0.15, 0.2) is 24.3 Å². The Morgan fingerprint density at radius 3 is 2.04 bits per heavy atom. The maximum absolute atomic E-state index is 11.2. The van der Waals surface area contributed by atoms with Crippen molar-refractivity contribution in [3.05, 3.63) is 35.4 Å². The second-order valence-electron chi connectivity index (χ2n) is 7.67. The molecule has 3 nitrogen and oxygen atoms in total. The van der Waals surface area contributed by atoms with Crippen LogP contribution in [0, 0.1) is 5.92 Å². The van der Waals surface area contributed by atoms with Crippen molar-refractivity contribution in [2.45, 2.75) is 104 Å². The van der Waals surface area contributed by atoms with Crippen molar-refractivity contribution in [2.24, 2.45) is 5.92 Å². The Kier molecular flexibility index (Phi) is 13.7. The average molecular weight is 395 g/mol. The first-order chi connectivity index (χ1) is 13.1. The normalized spacial score (nSPS) is 14.1. The average Bonchev–Trinajstić information content (AvgIpc) is 2.67. The molecule has 1 rings (SSSR count). The molecular weight excluding hydrogens is 355 g/mol. The number of rotatable bonds is 16. The van der Waals surface area contributed by atoms with Crippen LogP contribution in [0.5, 0.6) is 0 Å². The second kappa shape index (κ2) is 15.2. The highest BCUT2D eigenvalue weighted by molar-refractivity contribution is 7.30. The number of hydrogen-bond donors (Lipinski definition) is 0. The Morgan fingerprint density at radius 1 is 0.889 bits per heavy atom. The van der Waals surface area contributed by atoms with E-state index in [0.29, 0.717) is 0 Å². The van der Waals surface area contributed by atoms with E-state index in [-0.39, 0.29) is 12.0 Å². The Balaban J connectivity index is 2.57. The molecule has 0 heterocycles. The molecule has 0 amide bonds. The minimum Gasteiger partial charge on any atom is -0.566 e. The third kappa shape index (κ3) is 10.4. The summed E-state index contributed by atoms with van der Waals surface area (Å²) in [6, 6.07) is 8.42. The zero-order valence-corrected chi connectivity index (χ0v) is 18.5. The molecule has 27 heavy (non-hydrogen) atoms. The van der Waals surface area contributed by atoms with Gasteiger partial charge in [0.2, 0.25) is 0 Å². The summed E-state index contributed by atoms with van der Waals surface area (Å²) < 4.78 is 16.6. The van der Waals surface area contributed by atoms with E-state index < -0.39 is 8.25 Å². The Labute approximate surface area is 167 Å². The van der Waals surface area contributed by atoms with Crippen LogP contribution >= 0.6 is 8.25 Å². The first-order valence-electron chi connectivity index (χ1n) is 11.0. The highest BCUT2D eigenvalue weighted by Crippen LogP contribution is 2.37. The molecule has 0 radical (unpaired) electrons. The van der Waals surface area contributed by atoms with Crippen LogP contribution in [-0.2, 0) is 15.5 Å². The topological polar surface area (TPSA) is 49.4 Å². The van der Waals surface area contributed by atoms with E-state index in [2.05, 4.69) is 45.0 Å². The summed E-state index contributed by atoms with van der Waals surface area (Å²) in [4.78, 5) is 11.2. The molecule has 0 aliphatic carbocycles. The lowest BCUT2D eigenvalue weighted by Crippen LogP contribution is -2.15. The van der Waals surface area contributed by atoms with Crippen LogP contribution in [0.1, 0.15) is 109 Å². The summed E-state index contributed by atoms with van der Waals surface area (Å²) >= 11 is 0. The molecule has 3 unspecified atom stereocenters.